The van der Waals surface area contributed by atoms with Gasteiger partial charge in [0.1, 0.15) is 17.9 Å². The van der Waals surface area contributed by atoms with E-state index in [9.17, 15) is 20.2 Å². The summed E-state index contributed by atoms with van der Waals surface area (Å²) in [5, 5.41) is 24.6. The smallest absolute Gasteiger partial charge is 0.307 e. The number of halogens is 1. The number of fused-ring (bicyclic) bond motifs is 1. The average Bonchev–Trinajstić information content (AvgIpc) is 3.27. The van der Waals surface area contributed by atoms with Crippen LogP contribution in [0.3, 0.4) is 0 Å². The molecule has 34 heavy (non-hydrogen) atoms. The lowest BCUT2D eigenvalue weighted by atomic mass is 10.1. The lowest BCUT2D eigenvalue weighted by molar-refractivity contribution is -0.384. The van der Waals surface area contributed by atoms with Crippen LogP contribution >= 0.6 is 15.9 Å². The number of nitro benzene ring substituents is 1. The number of ether oxygens (including phenoxy) is 1. The first kappa shape index (κ1) is 22.7. The second kappa shape index (κ2) is 9.97. The minimum absolute atomic E-state index is 0.0357. The van der Waals surface area contributed by atoms with Crippen molar-refractivity contribution in [3.63, 3.8) is 0 Å². The second-order valence-corrected chi connectivity index (χ2v) is 7.94. The molecule has 0 aliphatic heterocycles. The van der Waals surface area contributed by atoms with Gasteiger partial charge in [0.25, 0.3) is 5.69 Å². The van der Waals surface area contributed by atoms with Crippen LogP contribution in [0.2, 0.25) is 0 Å². The molecule has 0 spiro atoms. The molecule has 0 saturated carbocycles. The number of hydrazone groups is 1. The number of hydrogen-bond donors (Lipinski definition) is 1. The molecule has 168 valence electrons. The third kappa shape index (κ3) is 5.11. The largest absolute Gasteiger partial charge is 0.488 e. The summed E-state index contributed by atoms with van der Waals surface area (Å²) in [6.07, 6.45) is 1.42. The number of nitro groups is 1. The highest BCUT2D eigenvalue weighted by atomic mass is 79.9. The van der Waals surface area contributed by atoms with E-state index in [2.05, 4.69) is 32.5 Å². The van der Waals surface area contributed by atoms with Crippen molar-refractivity contribution in [1.29, 1.82) is 5.26 Å². The average molecular weight is 519 g/mol. The standard InChI is InChI=1S/C24H15BrN4O5/c25-19-5-7-21(33-14-16-4-2-1-3-15(16)12-26)18(9-19)13-27-28-24(30)23-11-17-10-20(29(31)32)6-8-22(17)34-23/h1-11,13H,14H2,(H,28,30)/b27-13-. The van der Waals surface area contributed by atoms with Crippen LogP contribution in [0.4, 0.5) is 5.69 Å². The van der Waals surface area contributed by atoms with Gasteiger partial charge in [0.2, 0.25) is 0 Å². The molecule has 3 aromatic carbocycles. The van der Waals surface area contributed by atoms with Crippen molar-refractivity contribution in [2.75, 3.05) is 0 Å². The molecule has 0 saturated heterocycles. The van der Waals surface area contributed by atoms with Gasteiger partial charge in [-0.3, -0.25) is 14.9 Å². The Kier molecular flexibility index (Phi) is 6.66. The van der Waals surface area contributed by atoms with E-state index < -0.39 is 10.8 Å². The van der Waals surface area contributed by atoms with Crippen LogP contribution in [0.1, 0.15) is 27.2 Å². The topological polar surface area (TPSA) is 131 Å². The monoisotopic (exact) mass is 518 g/mol. The third-order valence-corrected chi connectivity index (χ3v) is 5.29. The Hall–Kier alpha value is -4.49. The Balaban J connectivity index is 1.47. The number of nitriles is 1. The second-order valence-electron chi connectivity index (χ2n) is 7.03. The summed E-state index contributed by atoms with van der Waals surface area (Å²) in [5.41, 5.74) is 4.48. The summed E-state index contributed by atoms with van der Waals surface area (Å²) >= 11 is 3.40. The van der Waals surface area contributed by atoms with Crippen LogP contribution in [0, 0.1) is 21.4 Å². The lowest BCUT2D eigenvalue weighted by Gasteiger charge is -2.10. The Bertz CT molecular complexity index is 1470. The molecule has 1 amide bonds. The predicted molar refractivity (Wildman–Crippen MR) is 128 cm³/mol. The van der Waals surface area contributed by atoms with Crippen LogP contribution in [0.15, 0.2) is 80.7 Å². The van der Waals surface area contributed by atoms with Crippen molar-refractivity contribution in [1.82, 2.24) is 5.43 Å². The highest BCUT2D eigenvalue weighted by molar-refractivity contribution is 9.10. The van der Waals surface area contributed by atoms with E-state index in [4.69, 9.17) is 9.15 Å². The zero-order valence-electron chi connectivity index (χ0n) is 17.4. The molecule has 0 fully saturated rings. The highest BCUT2D eigenvalue weighted by Gasteiger charge is 2.15. The van der Waals surface area contributed by atoms with Crippen LogP contribution in [0.5, 0.6) is 5.75 Å². The van der Waals surface area contributed by atoms with Gasteiger partial charge >= 0.3 is 5.91 Å². The molecule has 0 bridgehead atoms. The number of nitrogens with one attached hydrogen (secondary N) is 1. The summed E-state index contributed by atoms with van der Waals surface area (Å²) in [6, 6.07) is 20.1. The maximum atomic E-state index is 12.4. The number of carbonyl (C=O) groups excluding carboxylic acids is 1. The molecule has 9 nitrogen and oxygen atoms in total. The number of non-ortho nitro benzene ring substituents is 1. The van der Waals surface area contributed by atoms with E-state index in [0.717, 1.165) is 10.0 Å². The normalized spacial score (nSPS) is 10.8. The van der Waals surface area contributed by atoms with Crippen molar-refractivity contribution in [3.05, 3.63) is 104 Å². The first-order chi connectivity index (χ1) is 16.4. The number of furan rings is 1. The number of amides is 1. The minimum atomic E-state index is -0.615. The predicted octanol–water partition coefficient (Wildman–Crippen LogP) is 5.32. The van der Waals surface area contributed by atoms with Gasteiger partial charge in [-0.15, -0.1) is 0 Å². The highest BCUT2D eigenvalue weighted by Crippen LogP contribution is 2.25. The van der Waals surface area contributed by atoms with E-state index in [-0.39, 0.29) is 18.1 Å². The van der Waals surface area contributed by atoms with Crippen molar-refractivity contribution in [3.8, 4) is 11.8 Å². The number of carbonyl (C=O) groups is 1. The van der Waals surface area contributed by atoms with E-state index in [0.29, 0.717) is 27.8 Å². The van der Waals surface area contributed by atoms with Crippen molar-refractivity contribution >= 4 is 44.7 Å². The van der Waals surface area contributed by atoms with Gasteiger partial charge in [-0.25, -0.2) is 5.43 Å². The molecule has 10 heteroatoms. The first-order valence-electron chi connectivity index (χ1n) is 9.86. The summed E-state index contributed by atoms with van der Waals surface area (Å²) in [4.78, 5) is 22.8. The summed E-state index contributed by atoms with van der Waals surface area (Å²) in [5.74, 6) is -0.146. The van der Waals surface area contributed by atoms with Crippen LogP contribution < -0.4 is 10.2 Å². The van der Waals surface area contributed by atoms with Gasteiger partial charge < -0.3 is 9.15 Å². The SMILES string of the molecule is N#Cc1ccccc1COc1ccc(Br)cc1/C=N\NC(=O)c1cc2cc([N+](=O)[O-])ccc2o1. The first-order valence-corrected chi connectivity index (χ1v) is 10.7. The molecule has 0 unspecified atom stereocenters. The fraction of sp³-hybridized carbons (Fsp3) is 0.0417. The van der Waals surface area contributed by atoms with Crippen LogP contribution in [-0.4, -0.2) is 17.0 Å². The fourth-order valence-electron chi connectivity index (χ4n) is 3.13. The van der Waals surface area contributed by atoms with Gasteiger partial charge in [0.05, 0.1) is 22.8 Å². The molecule has 1 aromatic heterocycles. The Morgan fingerprint density at radius 3 is 2.82 bits per heavy atom. The molecular weight excluding hydrogens is 504 g/mol. The maximum Gasteiger partial charge on any atom is 0.307 e. The number of hydrogen-bond acceptors (Lipinski definition) is 7. The van der Waals surface area contributed by atoms with Gasteiger partial charge in [0, 0.05) is 33.1 Å². The van der Waals surface area contributed by atoms with E-state index >= 15 is 0 Å². The molecular formula is C24H15BrN4O5. The third-order valence-electron chi connectivity index (χ3n) is 4.80. The van der Waals surface area contributed by atoms with E-state index in [1.54, 1.807) is 30.3 Å². The quantitative estimate of drug-likeness (QED) is 0.200. The fourth-order valence-corrected chi connectivity index (χ4v) is 3.51. The maximum absolute atomic E-state index is 12.4. The van der Waals surface area contributed by atoms with Crippen molar-refractivity contribution in [2.24, 2.45) is 5.10 Å². The van der Waals surface area contributed by atoms with E-state index in [1.807, 2.05) is 12.1 Å². The Labute approximate surface area is 201 Å². The number of nitrogens with zero attached hydrogens (tertiary/aromatic N) is 3. The Morgan fingerprint density at radius 2 is 2.03 bits per heavy atom. The molecule has 1 N–H and O–H groups in total. The molecule has 1 heterocycles. The Morgan fingerprint density at radius 1 is 1.21 bits per heavy atom. The van der Waals surface area contributed by atoms with Crippen LogP contribution in [-0.2, 0) is 6.61 Å². The molecule has 4 aromatic rings. The van der Waals surface area contributed by atoms with Gasteiger partial charge in [0.15, 0.2) is 5.76 Å². The van der Waals surface area contributed by atoms with Gasteiger partial charge in [-0.2, -0.15) is 10.4 Å². The number of benzene rings is 3. The lowest BCUT2D eigenvalue weighted by Crippen LogP contribution is -2.16. The molecule has 0 atom stereocenters. The summed E-state index contributed by atoms with van der Waals surface area (Å²) in [7, 11) is 0. The number of rotatable bonds is 7. The minimum Gasteiger partial charge on any atom is -0.488 e. The van der Waals surface area contributed by atoms with Crippen LogP contribution in [0.25, 0.3) is 11.0 Å². The van der Waals surface area contributed by atoms with Gasteiger partial charge in [-0.05, 0) is 36.4 Å². The molecule has 0 aliphatic carbocycles. The molecule has 0 aliphatic rings. The van der Waals surface area contributed by atoms with Gasteiger partial charge in [-0.1, -0.05) is 34.1 Å². The summed E-state index contributed by atoms with van der Waals surface area (Å²) < 4.78 is 12.1. The van der Waals surface area contributed by atoms with Crippen molar-refractivity contribution < 1.29 is 18.9 Å². The van der Waals surface area contributed by atoms with E-state index in [1.165, 1.54) is 30.5 Å². The zero-order valence-corrected chi connectivity index (χ0v) is 19.0. The summed E-state index contributed by atoms with van der Waals surface area (Å²) in [6.45, 7) is 0.184. The molecule has 0 radical (unpaired) electrons. The molecule has 4 rings (SSSR count). The zero-order chi connectivity index (χ0) is 24.1. The van der Waals surface area contributed by atoms with Crippen molar-refractivity contribution in [2.45, 2.75) is 6.61 Å².